The number of carbonyl (C=O) groups is 3. The van der Waals surface area contributed by atoms with Crippen LogP contribution in [0.15, 0.2) is 36.5 Å². The first-order valence-corrected chi connectivity index (χ1v) is 12.3. The van der Waals surface area contributed by atoms with Crippen molar-refractivity contribution in [2.75, 3.05) is 38.7 Å². The largest absolute Gasteiger partial charge is 0.481 e. The summed E-state index contributed by atoms with van der Waals surface area (Å²) in [7, 11) is 1.63. The number of alkyl halides is 4. The molecule has 7 N–H and O–H groups in total. The van der Waals surface area contributed by atoms with Crippen LogP contribution in [0.3, 0.4) is 0 Å². The molecule has 0 bridgehead atoms. The number of aromatic amines is 1. The van der Waals surface area contributed by atoms with Gasteiger partial charge in [0.1, 0.15) is 12.0 Å². The van der Waals surface area contributed by atoms with Gasteiger partial charge in [-0.1, -0.05) is 12.1 Å². The van der Waals surface area contributed by atoms with Crippen molar-refractivity contribution in [2.24, 2.45) is 0 Å². The number of fused-ring (bicyclic) bond motifs is 1. The normalized spacial score (nSPS) is 13.0. The average Bonchev–Trinajstić information content (AvgIpc) is 3.37. The summed E-state index contributed by atoms with van der Waals surface area (Å²) in [4.78, 5) is 36.6. The van der Waals surface area contributed by atoms with Crippen LogP contribution >= 0.6 is 0 Å². The second-order valence-corrected chi connectivity index (χ2v) is 8.92. The zero-order valence-electron chi connectivity index (χ0n) is 21.7. The number of hydrogen-bond acceptors (Lipinski definition) is 7. The summed E-state index contributed by atoms with van der Waals surface area (Å²) in [6.45, 7) is -0.280. The van der Waals surface area contributed by atoms with E-state index in [0.717, 1.165) is 12.1 Å². The first kappa shape index (κ1) is 31.2. The average molecular weight is 586 g/mol. The zero-order chi connectivity index (χ0) is 30.2. The molecule has 1 heterocycles. The molecule has 11 nitrogen and oxygen atoms in total. The number of H-pyrrole nitrogens is 1. The van der Waals surface area contributed by atoms with Crippen molar-refractivity contribution in [3.8, 4) is 0 Å². The molecule has 0 radical (unpaired) electrons. The van der Waals surface area contributed by atoms with E-state index >= 15 is 0 Å². The topological polar surface area (TPSA) is 160 Å². The highest BCUT2D eigenvalue weighted by atomic mass is 19.4. The van der Waals surface area contributed by atoms with E-state index in [1.807, 2.05) is 0 Å². The van der Waals surface area contributed by atoms with Gasteiger partial charge in [-0.2, -0.15) is 18.3 Å². The minimum Gasteiger partial charge on any atom is -0.481 e. The van der Waals surface area contributed by atoms with Gasteiger partial charge in [0.2, 0.25) is 5.91 Å². The first-order chi connectivity index (χ1) is 19.4. The van der Waals surface area contributed by atoms with Gasteiger partial charge >= 0.3 is 12.1 Å². The van der Waals surface area contributed by atoms with Gasteiger partial charge in [-0.05, 0) is 25.2 Å². The standard InChI is InChI=1S/C25H28F5N7O4/c1-31-8-14(26)9-32-12-34-18-5-13(6-20-16(18)10-35-37-20)24(41)33-11-21(38)36-19(7-22(39)40)15-3-2-4-17(23(15)27)25(28,29)30/h2-6,10,14,19,31-32,34H,7-9,11-12H2,1H3,(H,33,41)(H,35,37)(H,36,38)(H,39,40). The number of aliphatic carboxylic acids is 1. The molecule has 0 saturated heterocycles. The van der Waals surface area contributed by atoms with E-state index in [1.165, 1.54) is 18.3 Å². The monoisotopic (exact) mass is 585 g/mol. The van der Waals surface area contributed by atoms with Crippen molar-refractivity contribution in [1.82, 2.24) is 31.5 Å². The second kappa shape index (κ2) is 13.8. The SMILES string of the molecule is CNCC(F)CNCNc1cc(C(=O)NCC(=O)NC(CC(=O)O)c2cccc(C(F)(F)F)c2F)cc2[nH]ncc12. The molecule has 16 heteroatoms. The van der Waals surface area contributed by atoms with Crippen molar-refractivity contribution < 1.29 is 41.4 Å². The summed E-state index contributed by atoms with van der Waals surface area (Å²) in [5.41, 5.74) is -1.22. The van der Waals surface area contributed by atoms with Gasteiger partial charge in [0, 0.05) is 35.3 Å². The Labute approximate surface area is 230 Å². The number of halogens is 5. The zero-order valence-corrected chi connectivity index (χ0v) is 21.7. The van der Waals surface area contributed by atoms with E-state index in [9.17, 15) is 36.3 Å². The number of nitrogens with one attached hydrogen (secondary N) is 6. The Morgan fingerprint density at radius 1 is 1.15 bits per heavy atom. The molecule has 1 aromatic heterocycles. The van der Waals surface area contributed by atoms with Gasteiger partial charge in [-0.15, -0.1) is 0 Å². The maximum Gasteiger partial charge on any atom is 0.419 e. The highest BCUT2D eigenvalue weighted by molar-refractivity contribution is 6.03. The molecule has 3 aromatic rings. The van der Waals surface area contributed by atoms with Crippen LogP contribution < -0.4 is 26.6 Å². The molecule has 2 amide bonds. The van der Waals surface area contributed by atoms with E-state index in [1.54, 1.807) is 7.05 Å². The van der Waals surface area contributed by atoms with E-state index in [-0.39, 0.29) is 25.3 Å². The first-order valence-electron chi connectivity index (χ1n) is 12.3. The molecule has 0 aliphatic carbocycles. The van der Waals surface area contributed by atoms with Gasteiger partial charge in [-0.25, -0.2) is 8.78 Å². The number of anilines is 1. The second-order valence-electron chi connectivity index (χ2n) is 8.92. The molecule has 222 valence electrons. The fraction of sp³-hybridized carbons (Fsp3) is 0.360. The Kier molecular flexibility index (Phi) is 10.5. The third-order valence-corrected chi connectivity index (χ3v) is 5.85. The molecule has 3 rings (SSSR count). The van der Waals surface area contributed by atoms with E-state index in [0.29, 0.717) is 22.7 Å². The molecule has 0 aliphatic heterocycles. The number of carboxylic acids is 1. The highest BCUT2D eigenvalue weighted by Gasteiger charge is 2.36. The van der Waals surface area contributed by atoms with Crippen LogP contribution in [0.5, 0.6) is 0 Å². The Morgan fingerprint density at radius 3 is 2.59 bits per heavy atom. The van der Waals surface area contributed by atoms with Gasteiger partial charge in [0.25, 0.3) is 5.91 Å². The van der Waals surface area contributed by atoms with Gasteiger partial charge in [-0.3, -0.25) is 24.8 Å². The number of carbonyl (C=O) groups excluding carboxylic acids is 2. The number of hydrogen-bond donors (Lipinski definition) is 7. The molecule has 0 spiro atoms. The fourth-order valence-corrected chi connectivity index (χ4v) is 3.97. The molecule has 2 unspecified atom stereocenters. The molecular weight excluding hydrogens is 557 g/mol. The summed E-state index contributed by atoms with van der Waals surface area (Å²) in [5.74, 6) is -4.89. The molecule has 2 aromatic carbocycles. The van der Waals surface area contributed by atoms with Crippen molar-refractivity contribution in [3.05, 3.63) is 59.0 Å². The van der Waals surface area contributed by atoms with Gasteiger partial charge in [0.15, 0.2) is 0 Å². The smallest absolute Gasteiger partial charge is 0.419 e. The van der Waals surface area contributed by atoms with E-state index < -0.39 is 66.1 Å². The van der Waals surface area contributed by atoms with Crippen molar-refractivity contribution in [1.29, 1.82) is 0 Å². The maximum atomic E-state index is 14.6. The molecular formula is C25H28F5N7O4. The summed E-state index contributed by atoms with van der Waals surface area (Å²) >= 11 is 0. The van der Waals surface area contributed by atoms with Crippen LogP contribution in [-0.4, -0.2) is 72.6 Å². The molecule has 0 aliphatic rings. The van der Waals surface area contributed by atoms with Crippen LogP contribution in [0.1, 0.15) is 33.9 Å². The van der Waals surface area contributed by atoms with Crippen LogP contribution in [0.25, 0.3) is 10.9 Å². The Hall–Kier alpha value is -4.31. The molecule has 41 heavy (non-hydrogen) atoms. The number of carboxylic acid groups (broad SMARTS) is 1. The summed E-state index contributed by atoms with van der Waals surface area (Å²) in [5, 5.41) is 29.6. The van der Waals surface area contributed by atoms with E-state index in [2.05, 4.69) is 36.8 Å². The Bertz CT molecular complexity index is 1380. The number of benzene rings is 2. The number of amides is 2. The number of nitrogens with zero attached hydrogens (tertiary/aromatic N) is 1. The highest BCUT2D eigenvalue weighted by Crippen LogP contribution is 2.34. The van der Waals surface area contributed by atoms with Crippen molar-refractivity contribution in [3.63, 3.8) is 0 Å². The number of aromatic nitrogens is 2. The van der Waals surface area contributed by atoms with E-state index in [4.69, 9.17) is 5.11 Å². The summed E-state index contributed by atoms with van der Waals surface area (Å²) in [6.07, 6.45) is -5.54. The lowest BCUT2D eigenvalue weighted by Gasteiger charge is -2.20. The summed E-state index contributed by atoms with van der Waals surface area (Å²) in [6, 6.07) is 3.63. The van der Waals surface area contributed by atoms with Crippen molar-refractivity contribution >= 4 is 34.4 Å². The van der Waals surface area contributed by atoms with Gasteiger partial charge in [0.05, 0.1) is 43.0 Å². The lowest BCUT2D eigenvalue weighted by Crippen LogP contribution is -2.39. The quantitative estimate of drug-likeness (QED) is 0.0862. The summed E-state index contributed by atoms with van der Waals surface area (Å²) < 4.78 is 67.6. The molecule has 0 fully saturated rings. The lowest BCUT2D eigenvalue weighted by atomic mass is 9.99. The Morgan fingerprint density at radius 2 is 1.90 bits per heavy atom. The minimum absolute atomic E-state index is 0.0743. The van der Waals surface area contributed by atoms with Crippen LogP contribution in [-0.2, 0) is 15.8 Å². The van der Waals surface area contributed by atoms with Crippen molar-refractivity contribution in [2.45, 2.75) is 24.8 Å². The minimum atomic E-state index is -5.03. The predicted octanol–water partition coefficient (Wildman–Crippen LogP) is 2.30. The third kappa shape index (κ3) is 8.59. The number of rotatable bonds is 14. The van der Waals surface area contributed by atoms with Crippen LogP contribution in [0, 0.1) is 5.82 Å². The maximum absolute atomic E-state index is 14.6. The molecule has 0 saturated carbocycles. The predicted molar refractivity (Wildman–Crippen MR) is 138 cm³/mol. The van der Waals surface area contributed by atoms with Gasteiger partial charge < -0.3 is 26.4 Å². The van der Waals surface area contributed by atoms with Crippen LogP contribution in [0.4, 0.5) is 27.6 Å². The molecule has 2 atom stereocenters. The fourth-order valence-electron chi connectivity index (χ4n) is 3.97. The lowest BCUT2D eigenvalue weighted by molar-refractivity contribution is -0.140. The van der Waals surface area contributed by atoms with Crippen LogP contribution in [0.2, 0.25) is 0 Å². The third-order valence-electron chi connectivity index (χ3n) is 5.85. The Balaban J connectivity index is 1.67.